The zero-order chi connectivity index (χ0) is 23.6. The molecule has 0 aliphatic carbocycles. The van der Waals surface area contributed by atoms with Gasteiger partial charge in [-0.2, -0.15) is 0 Å². The van der Waals surface area contributed by atoms with Crippen LogP contribution in [0.1, 0.15) is 0 Å². The molecule has 0 N–H and O–H groups in total. The molecule has 0 bridgehead atoms. The highest BCUT2D eigenvalue weighted by molar-refractivity contribution is 7.17. The van der Waals surface area contributed by atoms with Crippen LogP contribution >= 0.6 is 22.7 Å². The Morgan fingerprint density at radius 3 is 1.31 bits per heavy atom. The molecule has 0 unspecified atom stereocenters. The van der Waals surface area contributed by atoms with Crippen molar-refractivity contribution in [3.63, 3.8) is 0 Å². The van der Waals surface area contributed by atoms with Crippen molar-refractivity contribution < 1.29 is 0 Å². The van der Waals surface area contributed by atoms with E-state index in [-0.39, 0.29) is 0 Å². The van der Waals surface area contributed by atoms with Gasteiger partial charge >= 0.3 is 0 Å². The molecule has 0 saturated heterocycles. The average Bonchev–Trinajstić information content (AvgIpc) is 3.61. The number of thiazole rings is 2. The van der Waals surface area contributed by atoms with Crippen LogP contribution in [0.5, 0.6) is 0 Å². The molecule has 36 heavy (non-hydrogen) atoms. The van der Waals surface area contributed by atoms with Gasteiger partial charge in [-0.25, -0.2) is 9.97 Å². The summed E-state index contributed by atoms with van der Waals surface area (Å²) in [4.78, 5) is 8.87. The van der Waals surface area contributed by atoms with Crippen molar-refractivity contribution >= 4 is 75.4 Å². The van der Waals surface area contributed by atoms with E-state index >= 15 is 0 Å². The van der Waals surface area contributed by atoms with E-state index in [0.717, 1.165) is 11.0 Å². The van der Waals surface area contributed by atoms with Gasteiger partial charge in [0.2, 0.25) is 0 Å². The normalized spacial score (nSPS) is 11.9. The molecular formula is C32H18N2S2. The third-order valence-corrected chi connectivity index (χ3v) is 8.75. The van der Waals surface area contributed by atoms with E-state index < -0.39 is 0 Å². The minimum Gasteiger partial charge on any atom is -0.245 e. The van der Waals surface area contributed by atoms with Crippen LogP contribution in [0.15, 0.2) is 108 Å². The van der Waals surface area contributed by atoms with Gasteiger partial charge in [0, 0.05) is 0 Å². The lowest BCUT2D eigenvalue weighted by atomic mass is 9.90. The van der Waals surface area contributed by atoms with Crippen LogP contribution in [0.25, 0.3) is 75.0 Å². The maximum Gasteiger partial charge on any atom is 0.0812 e. The molecule has 0 fully saturated rings. The summed E-state index contributed by atoms with van der Waals surface area (Å²) < 4.78 is 2.44. The minimum absolute atomic E-state index is 1.06. The van der Waals surface area contributed by atoms with Gasteiger partial charge in [-0.05, 0) is 91.0 Å². The van der Waals surface area contributed by atoms with Gasteiger partial charge in [0.1, 0.15) is 0 Å². The second-order valence-electron chi connectivity index (χ2n) is 9.14. The average molecular weight is 495 g/mol. The summed E-state index contributed by atoms with van der Waals surface area (Å²) in [6, 6.07) is 35.7. The quantitative estimate of drug-likeness (QED) is 0.224. The highest BCUT2D eigenvalue weighted by atomic mass is 32.1. The SMILES string of the molecule is c1ccc2c(c1)c1cc(-c3ccc4ncsc4c3)ccc1c1ccc(-c3ccc4ncsc4c3)cc21. The van der Waals surface area contributed by atoms with Crippen LogP contribution in [0.2, 0.25) is 0 Å². The molecule has 8 rings (SSSR count). The van der Waals surface area contributed by atoms with E-state index in [9.17, 15) is 0 Å². The predicted octanol–water partition coefficient (Wildman–Crippen LogP) is 9.70. The lowest BCUT2D eigenvalue weighted by molar-refractivity contribution is 1.50. The van der Waals surface area contributed by atoms with Crippen molar-refractivity contribution in [3.8, 4) is 22.3 Å². The molecule has 0 spiro atoms. The van der Waals surface area contributed by atoms with Crippen LogP contribution in [0.4, 0.5) is 0 Å². The third kappa shape index (κ3) is 3.02. The summed E-state index contributed by atoms with van der Waals surface area (Å²) in [6.07, 6.45) is 0. The zero-order valence-electron chi connectivity index (χ0n) is 19.1. The van der Waals surface area contributed by atoms with Gasteiger partial charge in [-0.3, -0.25) is 0 Å². The molecule has 4 heteroatoms. The van der Waals surface area contributed by atoms with Crippen LogP contribution in [-0.2, 0) is 0 Å². The van der Waals surface area contributed by atoms with Gasteiger partial charge in [0.05, 0.1) is 31.5 Å². The first-order chi connectivity index (χ1) is 17.8. The molecule has 0 amide bonds. The Morgan fingerprint density at radius 2 is 0.806 bits per heavy atom. The van der Waals surface area contributed by atoms with Crippen molar-refractivity contribution in [1.29, 1.82) is 0 Å². The first-order valence-electron chi connectivity index (χ1n) is 11.9. The van der Waals surface area contributed by atoms with Crippen LogP contribution in [0.3, 0.4) is 0 Å². The highest BCUT2D eigenvalue weighted by Crippen LogP contribution is 2.39. The summed E-state index contributed by atoms with van der Waals surface area (Å²) in [7, 11) is 0. The van der Waals surface area contributed by atoms with Crippen LogP contribution in [0, 0.1) is 0 Å². The fourth-order valence-electron chi connectivity index (χ4n) is 5.39. The Hall–Kier alpha value is -4.12. The number of hydrogen-bond acceptors (Lipinski definition) is 4. The molecule has 168 valence electrons. The second-order valence-corrected chi connectivity index (χ2v) is 10.9. The Bertz CT molecular complexity index is 1940. The number of fused-ring (bicyclic) bond motifs is 8. The lowest BCUT2D eigenvalue weighted by Gasteiger charge is -2.13. The fraction of sp³-hybridized carbons (Fsp3) is 0. The Labute approximate surface area is 215 Å². The first kappa shape index (κ1) is 20.1. The predicted molar refractivity (Wildman–Crippen MR) is 156 cm³/mol. The van der Waals surface area contributed by atoms with Crippen molar-refractivity contribution in [3.05, 3.63) is 108 Å². The van der Waals surface area contributed by atoms with Gasteiger partial charge in [0.25, 0.3) is 0 Å². The summed E-state index contributed by atoms with van der Waals surface area (Å²) in [5.41, 5.74) is 10.9. The van der Waals surface area contributed by atoms with Gasteiger partial charge in [-0.15, -0.1) is 22.7 Å². The number of benzene rings is 6. The highest BCUT2D eigenvalue weighted by Gasteiger charge is 2.12. The van der Waals surface area contributed by atoms with Crippen molar-refractivity contribution in [2.45, 2.75) is 0 Å². The standard InChI is InChI=1S/C32H18N2S2/c1-2-4-24-23(3-1)27-13-19(21-7-11-29-31(15-21)35-17-33-29)5-9-25(27)26-10-6-20(14-28(24)26)22-8-12-30-32(16-22)36-18-34-30/h1-18H. The Kier molecular flexibility index (Phi) is 4.30. The van der Waals surface area contributed by atoms with E-state index in [1.807, 2.05) is 11.0 Å². The number of aromatic nitrogens is 2. The summed E-state index contributed by atoms with van der Waals surface area (Å²) >= 11 is 3.38. The van der Waals surface area contributed by atoms with E-state index in [4.69, 9.17) is 0 Å². The molecule has 2 aromatic heterocycles. The minimum atomic E-state index is 1.06. The molecule has 2 nitrogen and oxygen atoms in total. The third-order valence-electron chi connectivity index (χ3n) is 7.17. The first-order valence-corrected chi connectivity index (χ1v) is 13.6. The molecule has 0 saturated carbocycles. The molecule has 6 aromatic carbocycles. The molecule has 8 aromatic rings. The van der Waals surface area contributed by atoms with E-state index in [0.29, 0.717) is 0 Å². The Balaban J connectivity index is 1.38. The largest absolute Gasteiger partial charge is 0.245 e. The molecular weight excluding hydrogens is 477 g/mol. The van der Waals surface area contributed by atoms with Crippen molar-refractivity contribution in [2.75, 3.05) is 0 Å². The topological polar surface area (TPSA) is 25.8 Å². The maximum atomic E-state index is 4.44. The smallest absolute Gasteiger partial charge is 0.0812 e. The molecule has 2 heterocycles. The van der Waals surface area contributed by atoms with Gasteiger partial charge < -0.3 is 0 Å². The number of hydrogen-bond donors (Lipinski definition) is 0. The van der Waals surface area contributed by atoms with Crippen LogP contribution in [-0.4, -0.2) is 9.97 Å². The monoisotopic (exact) mass is 494 g/mol. The molecule has 0 atom stereocenters. The molecule has 0 aliphatic heterocycles. The number of rotatable bonds is 2. The summed E-state index contributed by atoms with van der Waals surface area (Å²) in [5, 5.41) is 7.73. The van der Waals surface area contributed by atoms with Crippen molar-refractivity contribution in [2.24, 2.45) is 0 Å². The fourth-order valence-corrected chi connectivity index (χ4v) is 6.82. The summed E-state index contributed by atoms with van der Waals surface area (Å²) in [6.45, 7) is 0. The lowest BCUT2D eigenvalue weighted by Crippen LogP contribution is -1.86. The van der Waals surface area contributed by atoms with E-state index in [1.165, 1.54) is 64.0 Å². The van der Waals surface area contributed by atoms with E-state index in [2.05, 4.69) is 107 Å². The summed E-state index contributed by atoms with van der Waals surface area (Å²) in [5.74, 6) is 0. The zero-order valence-corrected chi connectivity index (χ0v) is 20.7. The molecule has 0 radical (unpaired) electrons. The number of nitrogens with zero attached hydrogens (tertiary/aromatic N) is 2. The van der Waals surface area contributed by atoms with Gasteiger partial charge in [-0.1, -0.05) is 60.7 Å². The van der Waals surface area contributed by atoms with Gasteiger partial charge in [0.15, 0.2) is 0 Å². The Morgan fingerprint density at radius 1 is 0.389 bits per heavy atom. The van der Waals surface area contributed by atoms with E-state index in [1.54, 1.807) is 22.7 Å². The maximum absolute atomic E-state index is 4.44. The van der Waals surface area contributed by atoms with Crippen molar-refractivity contribution in [1.82, 2.24) is 9.97 Å². The molecule has 0 aliphatic rings. The van der Waals surface area contributed by atoms with Crippen LogP contribution < -0.4 is 0 Å². The second kappa shape index (κ2) is 7.69.